The van der Waals surface area contributed by atoms with Crippen LogP contribution >= 0.6 is 23.5 Å². The summed E-state index contributed by atoms with van der Waals surface area (Å²) in [6, 6.07) is 0. The van der Waals surface area contributed by atoms with Crippen LogP contribution in [-0.4, -0.2) is 27.7 Å². The predicted molar refractivity (Wildman–Crippen MR) is 52.3 cm³/mol. The van der Waals surface area contributed by atoms with E-state index in [2.05, 4.69) is 6.92 Å². The fourth-order valence-electron chi connectivity index (χ4n) is 0.481. The summed E-state index contributed by atoms with van der Waals surface area (Å²) in [6.45, 7) is 2.15. The van der Waals surface area contributed by atoms with Gasteiger partial charge in [0.05, 0.1) is 6.42 Å². The third-order valence-corrected chi connectivity index (χ3v) is 3.50. The minimum Gasteiger partial charge on any atom is -0.481 e. The van der Waals surface area contributed by atoms with Crippen LogP contribution < -0.4 is 0 Å². The first-order valence-electron chi connectivity index (χ1n) is 3.64. The molecule has 0 saturated carbocycles. The lowest BCUT2D eigenvalue weighted by Gasteiger charge is -1.97. The molecule has 0 rings (SSSR count). The van der Waals surface area contributed by atoms with Crippen molar-refractivity contribution < 1.29 is 9.90 Å². The molecule has 0 spiro atoms. The van der Waals surface area contributed by atoms with E-state index >= 15 is 0 Å². The van der Waals surface area contributed by atoms with Crippen molar-refractivity contribution in [1.29, 1.82) is 0 Å². The molecule has 0 saturated heterocycles. The number of hydrogen-bond acceptors (Lipinski definition) is 3. The fourth-order valence-corrected chi connectivity index (χ4v) is 2.50. The highest BCUT2D eigenvalue weighted by molar-refractivity contribution is 8.15. The fraction of sp³-hybridized carbons (Fsp3) is 0.857. The summed E-state index contributed by atoms with van der Waals surface area (Å²) >= 11 is 3.58. The van der Waals surface area contributed by atoms with Crippen molar-refractivity contribution in [1.82, 2.24) is 0 Å². The van der Waals surface area contributed by atoms with E-state index in [4.69, 9.17) is 5.11 Å². The zero-order chi connectivity index (χ0) is 8.53. The SMILES string of the molecule is CCCSCSCCC(=O)O. The molecule has 0 bridgehead atoms. The van der Waals surface area contributed by atoms with Gasteiger partial charge in [-0.25, -0.2) is 0 Å². The molecule has 0 aromatic carbocycles. The summed E-state index contributed by atoms with van der Waals surface area (Å²) in [7, 11) is 0. The van der Waals surface area contributed by atoms with Crippen LogP contribution in [0.3, 0.4) is 0 Å². The Balaban J connectivity index is 2.85. The van der Waals surface area contributed by atoms with Crippen LogP contribution in [0.5, 0.6) is 0 Å². The first kappa shape index (κ1) is 11.2. The second-order valence-electron chi connectivity index (χ2n) is 2.08. The average molecular weight is 194 g/mol. The molecule has 0 atom stereocenters. The zero-order valence-electron chi connectivity index (χ0n) is 6.71. The van der Waals surface area contributed by atoms with Crippen molar-refractivity contribution in [3.05, 3.63) is 0 Å². The maximum Gasteiger partial charge on any atom is 0.304 e. The largest absolute Gasteiger partial charge is 0.481 e. The maximum atomic E-state index is 10.1. The van der Waals surface area contributed by atoms with Gasteiger partial charge in [0, 0.05) is 10.8 Å². The molecule has 4 heteroatoms. The van der Waals surface area contributed by atoms with Gasteiger partial charge in [0.15, 0.2) is 0 Å². The van der Waals surface area contributed by atoms with E-state index in [-0.39, 0.29) is 6.42 Å². The second-order valence-corrected chi connectivity index (χ2v) is 4.65. The summed E-state index contributed by atoms with van der Waals surface area (Å²) in [6.07, 6.45) is 1.49. The molecule has 0 aliphatic heterocycles. The lowest BCUT2D eigenvalue weighted by Crippen LogP contribution is -1.95. The van der Waals surface area contributed by atoms with Crippen molar-refractivity contribution in [2.45, 2.75) is 19.8 Å². The summed E-state index contributed by atoms with van der Waals surface area (Å²) in [5, 5.41) is 9.32. The molecule has 0 aliphatic carbocycles. The Morgan fingerprint density at radius 2 is 2.00 bits per heavy atom. The Kier molecular flexibility index (Phi) is 8.40. The highest BCUT2D eigenvalue weighted by Gasteiger charge is 1.95. The molecular weight excluding hydrogens is 180 g/mol. The molecule has 0 aromatic heterocycles. The Labute approximate surface area is 76.1 Å². The van der Waals surface area contributed by atoms with Crippen LogP contribution in [0.2, 0.25) is 0 Å². The van der Waals surface area contributed by atoms with Crippen LogP contribution in [0.25, 0.3) is 0 Å². The molecule has 0 unspecified atom stereocenters. The number of thioether (sulfide) groups is 2. The van der Waals surface area contributed by atoms with Crippen LogP contribution in [0.1, 0.15) is 19.8 Å². The van der Waals surface area contributed by atoms with Gasteiger partial charge < -0.3 is 5.11 Å². The summed E-state index contributed by atoms with van der Waals surface area (Å²) < 4.78 is 0. The first-order chi connectivity index (χ1) is 5.27. The lowest BCUT2D eigenvalue weighted by molar-refractivity contribution is -0.136. The third kappa shape index (κ3) is 10.2. The number of carboxylic acid groups (broad SMARTS) is 1. The minimum absolute atomic E-state index is 0.289. The van der Waals surface area contributed by atoms with Gasteiger partial charge in [-0.15, -0.1) is 0 Å². The van der Waals surface area contributed by atoms with E-state index in [9.17, 15) is 4.79 Å². The molecule has 0 amide bonds. The first-order valence-corrected chi connectivity index (χ1v) is 5.95. The quantitative estimate of drug-likeness (QED) is 0.498. The van der Waals surface area contributed by atoms with Gasteiger partial charge in [-0.05, 0) is 12.2 Å². The molecule has 0 aliphatic rings. The number of rotatable bonds is 7. The van der Waals surface area contributed by atoms with Gasteiger partial charge in [0.25, 0.3) is 0 Å². The van der Waals surface area contributed by atoms with Crippen LogP contribution in [0.15, 0.2) is 0 Å². The molecule has 0 fully saturated rings. The zero-order valence-corrected chi connectivity index (χ0v) is 8.34. The van der Waals surface area contributed by atoms with Gasteiger partial charge in [0.1, 0.15) is 0 Å². The van der Waals surface area contributed by atoms with E-state index in [1.165, 1.54) is 12.2 Å². The Morgan fingerprint density at radius 1 is 1.36 bits per heavy atom. The average Bonchev–Trinajstić information content (AvgIpc) is 1.96. The topological polar surface area (TPSA) is 37.3 Å². The number of carboxylic acids is 1. The van der Waals surface area contributed by atoms with E-state index in [0.717, 1.165) is 10.8 Å². The number of hydrogen-bond donors (Lipinski definition) is 1. The van der Waals surface area contributed by atoms with Crippen LogP contribution in [0, 0.1) is 0 Å². The molecule has 66 valence electrons. The van der Waals surface area contributed by atoms with Crippen LogP contribution in [-0.2, 0) is 4.79 Å². The standard InChI is InChI=1S/C7H14O2S2/c1-2-4-10-6-11-5-3-7(8)9/h2-6H2,1H3,(H,8,9). The minimum atomic E-state index is -0.696. The van der Waals surface area contributed by atoms with Crippen molar-refractivity contribution in [2.75, 3.05) is 16.6 Å². The van der Waals surface area contributed by atoms with Gasteiger partial charge in [-0.3, -0.25) is 4.79 Å². The molecule has 0 heterocycles. The third-order valence-electron chi connectivity index (χ3n) is 0.975. The van der Waals surface area contributed by atoms with Crippen molar-refractivity contribution >= 4 is 29.5 Å². The molecule has 1 N–H and O–H groups in total. The number of carbonyl (C=O) groups is 1. The van der Waals surface area contributed by atoms with E-state index in [0.29, 0.717) is 0 Å². The summed E-state index contributed by atoms with van der Waals surface area (Å²) in [5.74, 6) is 1.23. The van der Waals surface area contributed by atoms with Gasteiger partial charge in [-0.2, -0.15) is 23.5 Å². The maximum absolute atomic E-state index is 10.1. The monoisotopic (exact) mass is 194 g/mol. The Morgan fingerprint density at radius 3 is 2.55 bits per heavy atom. The van der Waals surface area contributed by atoms with Crippen molar-refractivity contribution in [3.63, 3.8) is 0 Å². The Hall–Kier alpha value is 0.170. The molecule has 11 heavy (non-hydrogen) atoms. The molecule has 0 radical (unpaired) electrons. The summed E-state index contributed by atoms with van der Waals surface area (Å²) in [5.41, 5.74) is 0. The van der Waals surface area contributed by atoms with Crippen molar-refractivity contribution in [3.8, 4) is 0 Å². The lowest BCUT2D eigenvalue weighted by atomic mass is 10.5. The van der Waals surface area contributed by atoms with E-state index in [1.54, 1.807) is 11.8 Å². The second kappa shape index (κ2) is 8.27. The normalized spacial score (nSPS) is 9.91. The predicted octanol–water partition coefficient (Wildman–Crippen LogP) is 2.29. The van der Waals surface area contributed by atoms with Gasteiger partial charge in [0.2, 0.25) is 0 Å². The smallest absolute Gasteiger partial charge is 0.304 e. The molecule has 0 aromatic rings. The van der Waals surface area contributed by atoms with Gasteiger partial charge >= 0.3 is 5.97 Å². The van der Waals surface area contributed by atoms with Crippen LogP contribution in [0.4, 0.5) is 0 Å². The van der Waals surface area contributed by atoms with E-state index in [1.807, 2.05) is 11.8 Å². The van der Waals surface area contributed by atoms with E-state index < -0.39 is 5.97 Å². The van der Waals surface area contributed by atoms with Crippen molar-refractivity contribution in [2.24, 2.45) is 0 Å². The molecule has 2 nitrogen and oxygen atoms in total. The summed E-state index contributed by atoms with van der Waals surface area (Å²) in [4.78, 5) is 10.1. The molecular formula is C7H14O2S2. The highest BCUT2D eigenvalue weighted by Crippen LogP contribution is 2.13. The van der Waals surface area contributed by atoms with Gasteiger partial charge in [-0.1, -0.05) is 6.92 Å². The number of aliphatic carboxylic acids is 1. The Bertz CT molecular complexity index is 107. The highest BCUT2D eigenvalue weighted by atomic mass is 32.2.